The molecule has 0 bridgehead atoms. The second kappa shape index (κ2) is 10.8. The fraction of sp³-hybridized carbons (Fsp3) is 0.346. The quantitative estimate of drug-likeness (QED) is 0.352. The molecule has 7 nitrogen and oxygen atoms in total. The van der Waals surface area contributed by atoms with Crippen molar-refractivity contribution in [1.82, 2.24) is 20.3 Å². The molecular formula is C26H29N5O2S. The first-order chi connectivity index (χ1) is 16.8. The fourth-order valence-corrected chi connectivity index (χ4v) is 5.08. The van der Waals surface area contributed by atoms with E-state index in [0.29, 0.717) is 12.2 Å². The van der Waals surface area contributed by atoms with Gasteiger partial charge in [-0.25, -0.2) is 9.97 Å². The van der Waals surface area contributed by atoms with Gasteiger partial charge in [-0.05, 0) is 43.0 Å². The molecule has 0 atom stereocenters. The van der Waals surface area contributed by atoms with E-state index in [4.69, 9.17) is 4.74 Å². The van der Waals surface area contributed by atoms with Crippen LogP contribution in [0.4, 0.5) is 5.69 Å². The second-order valence-electron chi connectivity index (χ2n) is 8.45. The van der Waals surface area contributed by atoms with Crippen molar-refractivity contribution < 1.29 is 9.53 Å². The molecular weight excluding hydrogens is 446 g/mol. The highest BCUT2D eigenvalue weighted by Gasteiger charge is 2.16. The van der Waals surface area contributed by atoms with Crippen molar-refractivity contribution in [2.24, 2.45) is 0 Å². The maximum Gasteiger partial charge on any atom is 0.271 e. The Labute approximate surface area is 203 Å². The van der Waals surface area contributed by atoms with Gasteiger partial charge in [-0.15, -0.1) is 11.3 Å². The van der Waals surface area contributed by atoms with Crippen LogP contribution in [-0.4, -0.2) is 47.2 Å². The zero-order chi connectivity index (χ0) is 23.2. The number of benzene rings is 2. The van der Waals surface area contributed by atoms with Crippen molar-refractivity contribution in [2.75, 3.05) is 31.2 Å². The highest BCUT2D eigenvalue weighted by molar-refractivity contribution is 7.09. The van der Waals surface area contributed by atoms with Gasteiger partial charge in [0, 0.05) is 37.1 Å². The molecule has 0 saturated carbocycles. The van der Waals surface area contributed by atoms with Crippen molar-refractivity contribution in [2.45, 2.75) is 32.2 Å². The number of morpholine rings is 1. The number of carbonyl (C=O) groups is 1. The van der Waals surface area contributed by atoms with Gasteiger partial charge in [0.2, 0.25) is 0 Å². The molecule has 0 aliphatic carbocycles. The lowest BCUT2D eigenvalue weighted by Gasteiger charge is -2.30. The van der Waals surface area contributed by atoms with Crippen LogP contribution in [0, 0.1) is 0 Å². The number of nitrogens with one attached hydrogen (secondary N) is 2. The Morgan fingerprint density at radius 3 is 2.71 bits per heavy atom. The van der Waals surface area contributed by atoms with E-state index in [1.807, 2.05) is 35.7 Å². The zero-order valence-electron chi connectivity index (χ0n) is 19.1. The molecule has 8 heteroatoms. The molecule has 0 spiro atoms. The number of imidazole rings is 1. The first kappa shape index (κ1) is 22.6. The second-order valence-corrected chi connectivity index (χ2v) is 9.39. The van der Waals surface area contributed by atoms with Crippen LogP contribution in [0.3, 0.4) is 0 Å². The summed E-state index contributed by atoms with van der Waals surface area (Å²) in [5.41, 5.74) is 4.87. The Hall–Kier alpha value is -3.23. The van der Waals surface area contributed by atoms with Gasteiger partial charge in [-0.1, -0.05) is 30.3 Å². The molecule has 5 rings (SSSR count). The molecule has 1 amide bonds. The van der Waals surface area contributed by atoms with Gasteiger partial charge in [-0.3, -0.25) is 4.79 Å². The average Bonchev–Trinajstić information content (AvgIpc) is 3.53. The molecule has 2 N–H and O–H groups in total. The minimum atomic E-state index is -0.124. The first-order valence-electron chi connectivity index (χ1n) is 11.8. The molecule has 1 fully saturated rings. The standard InChI is InChI=1S/C26H29N5O2S/c32-26(27-17-19-7-1-4-10-23(19)31-13-15-33-16-14-31)22-18-34-25(30-22)12-6-5-11-24-28-20-8-2-3-9-21(20)29-24/h1-4,7-10,18H,5-6,11-17H2,(H,27,32)(H,28,29). The van der Waals surface area contributed by atoms with Crippen LogP contribution in [0.25, 0.3) is 11.0 Å². The lowest BCUT2D eigenvalue weighted by atomic mass is 10.1. The van der Waals surface area contributed by atoms with Gasteiger partial charge < -0.3 is 19.9 Å². The number of aromatic amines is 1. The molecule has 1 aliphatic rings. The zero-order valence-corrected chi connectivity index (χ0v) is 19.9. The largest absolute Gasteiger partial charge is 0.378 e. The Morgan fingerprint density at radius 1 is 1.03 bits per heavy atom. The van der Waals surface area contributed by atoms with Gasteiger partial charge in [0.25, 0.3) is 5.91 Å². The molecule has 34 heavy (non-hydrogen) atoms. The predicted molar refractivity (Wildman–Crippen MR) is 135 cm³/mol. The fourth-order valence-electron chi connectivity index (χ4n) is 4.26. The topological polar surface area (TPSA) is 83.1 Å². The summed E-state index contributed by atoms with van der Waals surface area (Å²) in [5.74, 6) is 0.902. The smallest absolute Gasteiger partial charge is 0.271 e. The monoisotopic (exact) mass is 475 g/mol. The number of fused-ring (bicyclic) bond motifs is 1. The Morgan fingerprint density at radius 2 is 1.82 bits per heavy atom. The number of anilines is 1. The summed E-state index contributed by atoms with van der Waals surface area (Å²) in [6.07, 6.45) is 3.83. The Balaban J connectivity index is 1.10. The minimum Gasteiger partial charge on any atom is -0.378 e. The lowest BCUT2D eigenvalue weighted by molar-refractivity contribution is 0.0946. The van der Waals surface area contributed by atoms with Crippen molar-refractivity contribution in [1.29, 1.82) is 0 Å². The number of hydrogen-bond donors (Lipinski definition) is 2. The van der Waals surface area contributed by atoms with E-state index in [1.165, 1.54) is 0 Å². The maximum absolute atomic E-state index is 12.7. The van der Waals surface area contributed by atoms with Crippen LogP contribution in [-0.2, 0) is 24.1 Å². The van der Waals surface area contributed by atoms with Crippen molar-refractivity contribution >= 4 is 34.0 Å². The van der Waals surface area contributed by atoms with E-state index in [0.717, 1.165) is 85.1 Å². The number of unbranched alkanes of at least 4 members (excludes halogenated alkanes) is 1. The number of carbonyl (C=O) groups excluding carboxylic acids is 1. The van der Waals surface area contributed by atoms with E-state index < -0.39 is 0 Å². The number of aryl methyl sites for hydroxylation is 2. The summed E-state index contributed by atoms with van der Waals surface area (Å²) < 4.78 is 5.47. The summed E-state index contributed by atoms with van der Waals surface area (Å²) in [4.78, 5) is 27.6. The van der Waals surface area contributed by atoms with Crippen LogP contribution in [0.15, 0.2) is 53.9 Å². The van der Waals surface area contributed by atoms with Gasteiger partial charge in [0.15, 0.2) is 0 Å². The van der Waals surface area contributed by atoms with Gasteiger partial charge in [-0.2, -0.15) is 0 Å². The Bertz CT molecular complexity index is 1210. The number of hydrogen-bond acceptors (Lipinski definition) is 6. The number of para-hydroxylation sites is 3. The summed E-state index contributed by atoms with van der Waals surface area (Å²) in [5, 5.41) is 5.91. The highest BCUT2D eigenvalue weighted by atomic mass is 32.1. The van der Waals surface area contributed by atoms with E-state index >= 15 is 0 Å². The van der Waals surface area contributed by atoms with Crippen molar-refractivity contribution in [3.63, 3.8) is 0 Å². The average molecular weight is 476 g/mol. The molecule has 176 valence electrons. The summed E-state index contributed by atoms with van der Waals surface area (Å²) in [6, 6.07) is 16.3. The normalized spacial score (nSPS) is 13.9. The summed E-state index contributed by atoms with van der Waals surface area (Å²) in [7, 11) is 0. The molecule has 0 radical (unpaired) electrons. The van der Waals surface area contributed by atoms with Crippen LogP contribution < -0.4 is 10.2 Å². The molecule has 4 aromatic rings. The SMILES string of the molecule is O=C(NCc1ccccc1N1CCOCC1)c1csc(CCCCc2nc3ccccc3[nH]2)n1. The number of nitrogens with zero attached hydrogens (tertiary/aromatic N) is 3. The molecule has 3 heterocycles. The third-order valence-corrected chi connectivity index (χ3v) is 6.97. The number of thiazole rings is 1. The third-order valence-electron chi connectivity index (χ3n) is 6.06. The molecule has 1 saturated heterocycles. The number of aromatic nitrogens is 3. The van der Waals surface area contributed by atoms with Crippen LogP contribution in [0.5, 0.6) is 0 Å². The third kappa shape index (κ3) is 5.46. The van der Waals surface area contributed by atoms with Gasteiger partial charge in [0.1, 0.15) is 11.5 Å². The lowest BCUT2D eigenvalue weighted by Crippen LogP contribution is -2.37. The number of ether oxygens (including phenoxy) is 1. The van der Waals surface area contributed by atoms with E-state index in [2.05, 4.69) is 43.4 Å². The maximum atomic E-state index is 12.7. The van der Waals surface area contributed by atoms with E-state index in [1.54, 1.807) is 11.3 Å². The number of H-pyrrole nitrogens is 1. The first-order valence-corrected chi connectivity index (χ1v) is 12.7. The van der Waals surface area contributed by atoms with Crippen molar-refractivity contribution in [3.8, 4) is 0 Å². The summed E-state index contributed by atoms with van der Waals surface area (Å²) >= 11 is 1.56. The summed E-state index contributed by atoms with van der Waals surface area (Å²) in [6.45, 7) is 3.70. The molecule has 2 aromatic carbocycles. The number of rotatable bonds is 9. The Kier molecular flexibility index (Phi) is 7.16. The predicted octanol–water partition coefficient (Wildman–Crippen LogP) is 4.35. The highest BCUT2D eigenvalue weighted by Crippen LogP contribution is 2.22. The van der Waals surface area contributed by atoms with Crippen LogP contribution in [0.1, 0.15) is 39.7 Å². The van der Waals surface area contributed by atoms with Crippen molar-refractivity contribution in [3.05, 3.63) is 76.0 Å². The molecule has 0 unspecified atom stereocenters. The van der Waals surface area contributed by atoms with Crippen LogP contribution >= 0.6 is 11.3 Å². The van der Waals surface area contributed by atoms with Crippen LogP contribution in [0.2, 0.25) is 0 Å². The van der Waals surface area contributed by atoms with Gasteiger partial charge in [0.05, 0.1) is 29.3 Å². The molecule has 2 aromatic heterocycles. The van der Waals surface area contributed by atoms with Gasteiger partial charge >= 0.3 is 0 Å². The number of amides is 1. The minimum absolute atomic E-state index is 0.124. The molecule has 1 aliphatic heterocycles. The van der Waals surface area contributed by atoms with E-state index in [-0.39, 0.29) is 5.91 Å². The van der Waals surface area contributed by atoms with E-state index in [9.17, 15) is 4.79 Å².